The number of halogens is 2. The highest BCUT2D eigenvalue weighted by atomic mass is 19.1. The van der Waals surface area contributed by atoms with Crippen LogP contribution in [-0.4, -0.2) is 51.7 Å². The van der Waals surface area contributed by atoms with Crippen LogP contribution in [-0.2, 0) is 0 Å². The largest absolute Gasteiger partial charge is 0.497 e. The first-order valence-electron chi connectivity index (χ1n) is 9.97. The van der Waals surface area contributed by atoms with E-state index in [0.717, 1.165) is 16.7 Å². The second kappa shape index (κ2) is 9.31. The van der Waals surface area contributed by atoms with Gasteiger partial charge in [0, 0.05) is 23.6 Å². The molecule has 170 valence electrons. The van der Waals surface area contributed by atoms with Gasteiger partial charge in [0.15, 0.2) is 5.65 Å². The highest BCUT2D eigenvalue weighted by molar-refractivity contribution is 5.92. The molecule has 2 heterocycles. The van der Waals surface area contributed by atoms with Gasteiger partial charge in [-0.05, 0) is 30.3 Å². The SMILES string of the molecule is COc1cccc(-c2nc(N(CO)CCO)nc3c2ccc(=O)n3-c2c(F)cccc2F)c1. The first-order valence-corrected chi connectivity index (χ1v) is 9.97. The van der Waals surface area contributed by atoms with Crippen LogP contribution in [0.25, 0.3) is 28.0 Å². The minimum absolute atomic E-state index is 0.00924. The van der Waals surface area contributed by atoms with Crippen molar-refractivity contribution < 1.29 is 23.7 Å². The van der Waals surface area contributed by atoms with Gasteiger partial charge in [-0.1, -0.05) is 18.2 Å². The van der Waals surface area contributed by atoms with Crippen LogP contribution in [0.2, 0.25) is 0 Å². The molecule has 10 heteroatoms. The molecular weight excluding hydrogens is 434 g/mol. The Bertz CT molecular complexity index is 1360. The van der Waals surface area contributed by atoms with Crippen LogP contribution in [0.3, 0.4) is 0 Å². The summed E-state index contributed by atoms with van der Waals surface area (Å²) in [6, 6.07) is 12.9. The van der Waals surface area contributed by atoms with Crippen LogP contribution in [0.4, 0.5) is 14.7 Å². The van der Waals surface area contributed by atoms with Crippen molar-refractivity contribution in [1.29, 1.82) is 0 Å². The van der Waals surface area contributed by atoms with E-state index in [-0.39, 0.29) is 24.7 Å². The first-order chi connectivity index (χ1) is 16.0. The number of fused-ring (bicyclic) bond motifs is 1. The van der Waals surface area contributed by atoms with E-state index >= 15 is 0 Å². The van der Waals surface area contributed by atoms with Crippen molar-refractivity contribution in [3.05, 3.63) is 76.6 Å². The normalized spacial score (nSPS) is 11.1. The van der Waals surface area contributed by atoms with Crippen molar-refractivity contribution in [3.8, 4) is 22.7 Å². The predicted molar refractivity (Wildman–Crippen MR) is 119 cm³/mol. The molecule has 0 unspecified atom stereocenters. The Balaban J connectivity index is 2.13. The Morgan fingerprint density at radius 1 is 1.03 bits per heavy atom. The number of aliphatic hydroxyl groups excluding tert-OH is 2. The fraction of sp³-hybridized carbons (Fsp3) is 0.174. The maximum atomic E-state index is 14.7. The number of nitrogens with zero attached hydrogens (tertiary/aromatic N) is 4. The minimum Gasteiger partial charge on any atom is -0.497 e. The summed E-state index contributed by atoms with van der Waals surface area (Å²) in [5, 5.41) is 19.5. The fourth-order valence-corrected chi connectivity index (χ4v) is 3.51. The van der Waals surface area contributed by atoms with Gasteiger partial charge in [0.1, 0.15) is 29.8 Å². The monoisotopic (exact) mass is 454 g/mol. The Labute approximate surface area is 187 Å². The maximum Gasteiger partial charge on any atom is 0.256 e. The molecule has 2 aromatic carbocycles. The van der Waals surface area contributed by atoms with Crippen molar-refractivity contribution >= 4 is 17.0 Å². The number of methoxy groups -OCH3 is 1. The molecule has 0 aliphatic carbocycles. The molecular formula is C23H20F2N4O4. The molecule has 0 aliphatic rings. The van der Waals surface area contributed by atoms with E-state index in [1.165, 1.54) is 30.2 Å². The molecule has 0 bridgehead atoms. The number of pyridine rings is 1. The molecule has 0 spiro atoms. The van der Waals surface area contributed by atoms with Crippen LogP contribution >= 0.6 is 0 Å². The van der Waals surface area contributed by atoms with Crippen LogP contribution in [0, 0.1) is 11.6 Å². The number of rotatable bonds is 7. The summed E-state index contributed by atoms with van der Waals surface area (Å²) < 4.78 is 35.5. The number of para-hydroxylation sites is 1. The fourth-order valence-electron chi connectivity index (χ4n) is 3.51. The molecule has 2 N–H and O–H groups in total. The van der Waals surface area contributed by atoms with Crippen molar-refractivity contribution in [3.63, 3.8) is 0 Å². The van der Waals surface area contributed by atoms with E-state index in [9.17, 15) is 23.8 Å². The molecule has 33 heavy (non-hydrogen) atoms. The van der Waals surface area contributed by atoms with Crippen molar-refractivity contribution in [2.45, 2.75) is 0 Å². The van der Waals surface area contributed by atoms with Crippen molar-refractivity contribution in [2.24, 2.45) is 0 Å². The first kappa shape index (κ1) is 22.3. The summed E-state index contributed by atoms with van der Waals surface area (Å²) in [5.74, 6) is -1.37. The number of hydrogen-bond donors (Lipinski definition) is 2. The van der Waals surface area contributed by atoms with Gasteiger partial charge >= 0.3 is 0 Å². The zero-order chi connectivity index (χ0) is 23.5. The number of aromatic nitrogens is 3. The van der Waals surface area contributed by atoms with Gasteiger partial charge in [-0.15, -0.1) is 0 Å². The summed E-state index contributed by atoms with van der Waals surface area (Å²) >= 11 is 0. The third-order valence-corrected chi connectivity index (χ3v) is 5.07. The number of hydrogen-bond acceptors (Lipinski definition) is 7. The molecule has 0 saturated carbocycles. The molecule has 2 aromatic heterocycles. The molecule has 0 aliphatic heterocycles. The zero-order valence-corrected chi connectivity index (χ0v) is 17.6. The highest BCUT2D eigenvalue weighted by Crippen LogP contribution is 2.31. The lowest BCUT2D eigenvalue weighted by molar-refractivity contribution is 0.256. The van der Waals surface area contributed by atoms with Gasteiger partial charge < -0.3 is 19.8 Å². The Morgan fingerprint density at radius 2 is 1.76 bits per heavy atom. The van der Waals surface area contributed by atoms with E-state index in [0.29, 0.717) is 22.4 Å². The summed E-state index contributed by atoms with van der Waals surface area (Å²) in [7, 11) is 1.51. The standard InChI is InChI=1S/C23H20F2N4O4/c1-33-15-5-2-4-14(12-15)20-16-8-9-19(32)29(21-17(24)6-3-7-18(21)25)22(16)27-23(26-20)28(13-31)10-11-30/h2-9,12,30-31H,10-11,13H2,1H3. The second-order valence-corrected chi connectivity index (χ2v) is 7.05. The van der Waals surface area contributed by atoms with Crippen LogP contribution in [0.15, 0.2) is 59.4 Å². The van der Waals surface area contributed by atoms with Gasteiger partial charge in [0.2, 0.25) is 5.95 Å². The average Bonchev–Trinajstić information content (AvgIpc) is 2.83. The lowest BCUT2D eigenvalue weighted by Gasteiger charge is -2.21. The topological polar surface area (TPSA) is 101 Å². The molecule has 0 amide bonds. The van der Waals surface area contributed by atoms with E-state index in [1.54, 1.807) is 24.3 Å². The highest BCUT2D eigenvalue weighted by Gasteiger charge is 2.21. The van der Waals surface area contributed by atoms with E-state index in [2.05, 4.69) is 9.97 Å². The average molecular weight is 454 g/mol. The molecule has 4 aromatic rings. The lowest BCUT2D eigenvalue weighted by Crippen LogP contribution is -2.30. The molecule has 0 atom stereocenters. The maximum absolute atomic E-state index is 14.7. The van der Waals surface area contributed by atoms with Crippen LogP contribution in [0.1, 0.15) is 0 Å². The Morgan fingerprint density at radius 3 is 2.42 bits per heavy atom. The van der Waals surface area contributed by atoms with Gasteiger partial charge in [-0.25, -0.2) is 13.8 Å². The summed E-state index contributed by atoms with van der Waals surface area (Å²) in [5.41, 5.74) is -0.414. The molecule has 8 nitrogen and oxygen atoms in total. The van der Waals surface area contributed by atoms with E-state index < -0.39 is 29.6 Å². The van der Waals surface area contributed by atoms with Crippen LogP contribution < -0.4 is 15.2 Å². The molecule has 0 fully saturated rings. The summed E-state index contributed by atoms with van der Waals surface area (Å²) in [6.45, 7) is -0.848. The van der Waals surface area contributed by atoms with Gasteiger partial charge in [-0.2, -0.15) is 4.98 Å². The number of anilines is 1. The zero-order valence-electron chi connectivity index (χ0n) is 17.6. The van der Waals surface area contributed by atoms with Crippen molar-refractivity contribution in [1.82, 2.24) is 14.5 Å². The van der Waals surface area contributed by atoms with Gasteiger partial charge in [-0.3, -0.25) is 9.36 Å². The second-order valence-electron chi connectivity index (χ2n) is 7.05. The molecule has 0 saturated heterocycles. The smallest absolute Gasteiger partial charge is 0.256 e. The van der Waals surface area contributed by atoms with E-state index in [4.69, 9.17) is 4.74 Å². The summed E-state index contributed by atoms with van der Waals surface area (Å²) in [6.07, 6.45) is 0. The predicted octanol–water partition coefficient (Wildman–Crippen LogP) is 2.48. The lowest BCUT2D eigenvalue weighted by atomic mass is 10.1. The Hall–Kier alpha value is -3.89. The third-order valence-electron chi connectivity index (χ3n) is 5.07. The van der Waals surface area contributed by atoms with E-state index in [1.807, 2.05) is 0 Å². The van der Waals surface area contributed by atoms with Crippen LogP contribution in [0.5, 0.6) is 5.75 Å². The molecule has 4 rings (SSSR count). The van der Waals surface area contributed by atoms with Crippen molar-refractivity contribution in [2.75, 3.05) is 31.9 Å². The number of benzene rings is 2. The quantitative estimate of drug-likeness (QED) is 0.414. The number of aliphatic hydroxyl groups is 2. The molecule has 0 radical (unpaired) electrons. The van der Waals surface area contributed by atoms with Gasteiger partial charge in [0.25, 0.3) is 5.56 Å². The third kappa shape index (κ3) is 4.13. The minimum atomic E-state index is -0.943. The number of ether oxygens (including phenoxy) is 1. The Kier molecular flexibility index (Phi) is 6.29. The summed E-state index contributed by atoms with van der Waals surface area (Å²) in [4.78, 5) is 23.0. The van der Waals surface area contributed by atoms with Gasteiger partial charge in [0.05, 0.1) is 19.4 Å².